The number of nitro groups is 1. The lowest BCUT2D eigenvalue weighted by molar-refractivity contribution is -0.386. The second kappa shape index (κ2) is 5.50. The number of amides is 1. The molecule has 98 valence electrons. The number of nitro benzene ring substituents is 1. The van der Waals surface area contributed by atoms with Crippen molar-refractivity contribution in [3.8, 4) is 17.6 Å². The molecular formula is C11H9N3O5. The van der Waals surface area contributed by atoms with Gasteiger partial charge < -0.3 is 15.6 Å². The zero-order valence-electron chi connectivity index (χ0n) is 9.78. The average Bonchev–Trinajstić information content (AvgIpc) is 2.36. The van der Waals surface area contributed by atoms with Gasteiger partial charge in [0.25, 0.3) is 5.91 Å². The second-order valence-electron chi connectivity index (χ2n) is 3.38. The number of aromatic hydroxyl groups is 1. The number of nitrogens with zero attached hydrogens (tertiary/aromatic N) is 2. The van der Waals surface area contributed by atoms with Gasteiger partial charge in [-0.1, -0.05) is 0 Å². The average molecular weight is 263 g/mol. The third-order valence-electron chi connectivity index (χ3n) is 2.19. The van der Waals surface area contributed by atoms with Crippen LogP contribution in [0.2, 0.25) is 0 Å². The van der Waals surface area contributed by atoms with Gasteiger partial charge in [0.05, 0.1) is 12.0 Å². The van der Waals surface area contributed by atoms with Gasteiger partial charge in [-0.3, -0.25) is 14.9 Å². The number of primary amides is 1. The van der Waals surface area contributed by atoms with Crippen LogP contribution in [0.1, 0.15) is 5.56 Å². The second-order valence-corrected chi connectivity index (χ2v) is 3.38. The first-order valence-corrected chi connectivity index (χ1v) is 4.87. The Labute approximate surface area is 107 Å². The topological polar surface area (TPSA) is 139 Å². The molecule has 0 radical (unpaired) electrons. The molecule has 0 aliphatic heterocycles. The van der Waals surface area contributed by atoms with Crippen molar-refractivity contribution in [2.45, 2.75) is 0 Å². The molecule has 0 saturated heterocycles. The maximum absolute atomic E-state index is 10.9. The van der Waals surface area contributed by atoms with Crippen LogP contribution in [0.3, 0.4) is 0 Å². The van der Waals surface area contributed by atoms with Crippen molar-refractivity contribution in [2.75, 3.05) is 7.11 Å². The summed E-state index contributed by atoms with van der Waals surface area (Å²) in [5, 5.41) is 29.0. The van der Waals surface area contributed by atoms with E-state index in [1.807, 2.05) is 0 Å². The number of benzene rings is 1. The van der Waals surface area contributed by atoms with Crippen LogP contribution in [0, 0.1) is 21.4 Å². The molecule has 19 heavy (non-hydrogen) atoms. The van der Waals surface area contributed by atoms with Crippen molar-refractivity contribution in [2.24, 2.45) is 5.73 Å². The van der Waals surface area contributed by atoms with Crippen molar-refractivity contribution in [1.29, 1.82) is 5.26 Å². The highest BCUT2D eigenvalue weighted by atomic mass is 16.6. The van der Waals surface area contributed by atoms with Gasteiger partial charge in [-0.2, -0.15) is 5.26 Å². The fourth-order valence-corrected chi connectivity index (χ4v) is 1.32. The molecule has 0 heterocycles. The Morgan fingerprint density at radius 1 is 1.63 bits per heavy atom. The van der Waals surface area contributed by atoms with E-state index in [0.29, 0.717) is 0 Å². The molecule has 0 fully saturated rings. The zero-order valence-corrected chi connectivity index (χ0v) is 9.78. The smallest absolute Gasteiger partial charge is 0.315 e. The number of phenolic OH excluding ortho intramolecular Hbond substituents is 1. The van der Waals surface area contributed by atoms with E-state index in [1.54, 1.807) is 6.07 Å². The van der Waals surface area contributed by atoms with Crippen molar-refractivity contribution < 1.29 is 19.6 Å². The minimum Gasteiger partial charge on any atom is -0.500 e. The van der Waals surface area contributed by atoms with Gasteiger partial charge in [0.2, 0.25) is 5.75 Å². The summed E-state index contributed by atoms with van der Waals surface area (Å²) in [5.41, 5.74) is 4.11. The van der Waals surface area contributed by atoms with Crippen molar-refractivity contribution in [3.05, 3.63) is 33.4 Å². The van der Waals surface area contributed by atoms with Crippen LogP contribution in [0.4, 0.5) is 5.69 Å². The number of carbonyl (C=O) groups is 1. The van der Waals surface area contributed by atoms with E-state index in [2.05, 4.69) is 0 Å². The summed E-state index contributed by atoms with van der Waals surface area (Å²) in [6, 6.07) is 3.80. The number of carbonyl (C=O) groups excluding carboxylic acids is 1. The number of nitriles is 1. The Balaban J connectivity index is 3.47. The third kappa shape index (κ3) is 2.98. The largest absolute Gasteiger partial charge is 0.500 e. The SMILES string of the molecule is COc1cc(/C=C(/C#N)C(N)=O)cc([N+](=O)[O-])c1O. The highest BCUT2D eigenvalue weighted by Crippen LogP contribution is 2.37. The van der Waals surface area contributed by atoms with Crippen LogP contribution in [0.25, 0.3) is 6.08 Å². The lowest BCUT2D eigenvalue weighted by Gasteiger charge is -2.05. The molecule has 0 atom stereocenters. The number of nitrogens with two attached hydrogens (primary N) is 1. The fraction of sp³-hybridized carbons (Fsp3) is 0.0909. The Morgan fingerprint density at radius 3 is 2.68 bits per heavy atom. The van der Waals surface area contributed by atoms with E-state index in [-0.39, 0.29) is 16.9 Å². The molecule has 8 heteroatoms. The molecule has 1 amide bonds. The molecule has 0 aliphatic carbocycles. The highest BCUT2D eigenvalue weighted by molar-refractivity contribution is 6.00. The van der Waals surface area contributed by atoms with E-state index in [9.17, 15) is 20.0 Å². The van der Waals surface area contributed by atoms with Crippen molar-refractivity contribution in [3.63, 3.8) is 0 Å². The number of hydrogen-bond donors (Lipinski definition) is 2. The van der Waals surface area contributed by atoms with Gasteiger partial charge in [-0.25, -0.2) is 0 Å². The van der Waals surface area contributed by atoms with Gasteiger partial charge >= 0.3 is 5.69 Å². The Bertz CT molecular complexity index is 615. The monoisotopic (exact) mass is 263 g/mol. The predicted molar refractivity (Wildman–Crippen MR) is 64.1 cm³/mol. The first kappa shape index (κ1) is 14.0. The van der Waals surface area contributed by atoms with Crippen molar-refractivity contribution in [1.82, 2.24) is 0 Å². The normalized spacial score (nSPS) is 10.6. The summed E-state index contributed by atoms with van der Waals surface area (Å²) < 4.78 is 4.77. The van der Waals surface area contributed by atoms with Crippen LogP contribution in [-0.2, 0) is 4.79 Å². The molecular weight excluding hydrogens is 254 g/mol. The molecule has 0 bridgehead atoms. The van der Waals surface area contributed by atoms with Gasteiger partial charge in [0, 0.05) is 6.07 Å². The summed E-state index contributed by atoms with van der Waals surface area (Å²) in [5.74, 6) is -1.75. The minimum atomic E-state index is -0.961. The van der Waals surface area contributed by atoms with Crippen LogP contribution in [0.5, 0.6) is 11.5 Å². The molecule has 1 rings (SSSR count). The molecule has 0 spiro atoms. The number of phenols is 1. The number of methoxy groups -OCH3 is 1. The van der Waals surface area contributed by atoms with Crippen LogP contribution >= 0.6 is 0 Å². The number of rotatable bonds is 4. The maximum atomic E-state index is 10.9. The lowest BCUT2D eigenvalue weighted by atomic mass is 10.1. The quantitative estimate of drug-likeness (QED) is 0.354. The summed E-state index contributed by atoms with van der Waals surface area (Å²) in [7, 11) is 1.21. The molecule has 1 aromatic rings. The summed E-state index contributed by atoms with van der Waals surface area (Å²) in [4.78, 5) is 20.8. The highest BCUT2D eigenvalue weighted by Gasteiger charge is 2.19. The molecule has 0 aliphatic rings. The van der Waals surface area contributed by atoms with Gasteiger partial charge in [-0.05, 0) is 17.7 Å². The zero-order chi connectivity index (χ0) is 14.6. The standard InChI is InChI=1S/C11H9N3O5/c1-19-9-4-6(2-7(5-12)11(13)16)3-8(10(9)15)14(17)18/h2-4,15H,1H3,(H2,13,16)/b7-2-. The molecule has 1 aromatic carbocycles. The Kier molecular flexibility index (Phi) is 4.05. The Morgan fingerprint density at radius 2 is 2.26 bits per heavy atom. The van der Waals surface area contributed by atoms with Crippen LogP contribution in [0.15, 0.2) is 17.7 Å². The van der Waals surface area contributed by atoms with Crippen LogP contribution < -0.4 is 10.5 Å². The minimum absolute atomic E-state index is 0.136. The van der Waals surface area contributed by atoms with Crippen LogP contribution in [-0.4, -0.2) is 23.0 Å². The summed E-state index contributed by atoms with van der Waals surface area (Å²) in [6.45, 7) is 0. The van der Waals surface area contributed by atoms with Gasteiger partial charge in [0.15, 0.2) is 5.75 Å². The lowest BCUT2D eigenvalue weighted by Crippen LogP contribution is -2.12. The van der Waals surface area contributed by atoms with E-state index in [1.165, 1.54) is 13.2 Å². The van der Waals surface area contributed by atoms with Gasteiger partial charge in [-0.15, -0.1) is 0 Å². The summed E-state index contributed by atoms with van der Waals surface area (Å²) >= 11 is 0. The van der Waals surface area contributed by atoms with E-state index in [0.717, 1.165) is 12.1 Å². The third-order valence-corrected chi connectivity index (χ3v) is 2.19. The van der Waals surface area contributed by atoms with E-state index >= 15 is 0 Å². The fourth-order valence-electron chi connectivity index (χ4n) is 1.32. The summed E-state index contributed by atoms with van der Waals surface area (Å²) in [6.07, 6.45) is 1.07. The van der Waals surface area contributed by atoms with Crippen molar-refractivity contribution >= 4 is 17.7 Å². The Hall–Kier alpha value is -3.08. The molecule has 0 aromatic heterocycles. The number of ether oxygens (including phenoxy) is 1. The predicted octanol–water partition coefficient (Wildman–Crippen LogP) is 0.701. The number of hydrogen-bond acceptors (Lipinski definition) is 6. The first-order chi connectivity index (χ1) is 8.90. The maximum Gasteiger partial charge on any atom is 0.315 e. The molecule has 3 N–H and O–H groups in total. The van der Waals surface area contributed by atoms with E-state index in [4.69, 9.17) is 15.7 Å². The first-order valence-electron chi connectivity index (χ1n) is 4.87. The molecule has 0 saturated carbocycles. The van der Waals surface area contributed by atoms with Gasteiger partial charge in [0.1, 0.15) is 11.6 Å². The molecule has 8 nitrogen and oxygen atoms in total. The van der Waals surface area contributed by atoms with E-state index < -0.39 is 22.3 Å². The molecule has 0 unspecified atom stereocenters.